The van der Waals surface area contributed by atoms with Crippen molar-refractivity contribution in [3.05, 3.63) is 71.6 Å². The lowest BCUT2D eigenvalue weighted by molar-refractivity contribution is -0.125. The lowest BCUT2D eigenvalue weighted by atomic mass is 10.0. The fraction of sp³-hybridized carbons (Fsp3) is 0.318. The molecule has 25 heavy (non-hydrogen) atoms. The van der Waals surface area contributed by atoms with Gasteiger partial charge in [-0.1, -0.05) is 31.2 Å². The molecule has 3 heteroatoms. The van der Waals surface area contributed by atoms with E-state index in [0.29, 0.717) is 5.92 Å². The van der Waals surface area contributed by atoms with Crippen molar-refractivity contribution < 1.29 is 4.79 Å². The van der Waals surface area contributed by atoms with E-state index in [1.54, 1.807) is 6.92 Å². The fourth-order valence-electron chi connectivity index (χ4n) is 3.16. The van der Waals surface area contributed by atoms with E-state index in [1.807, 2.05) is 26.2 Å². The van der Waals surface area contributed by atoms with Crippen molar-refractivity contribution in [2.75, 3.05) is 14.1 Å². The maximum atomic E-state index is 12.0. The van der Waals surface area contributed by atoms with Gasteiger partial charge in [-0.2, -0.15) is 0 Å². The van der Waals surface area contributed by atoms with Crippen molar-refractivity contribution in [3.63, 3.8) is 0 Å². The van der Waals surface area contributed by atoms with Crippen LogP contribution in [0.1, 0.15) is 32.8 Å². The predicted octanol–water partition coefficient (Wildman–Crippen LogP) is 4.84. The van der Waals surface area contributed by atoms with Crippen LogP contribution in [-0.2, 0) is 4.79 Å². The summed E-state index contributed by atoms with van der Waals surface area (Å²) in [6, 6.07) is 8.34. The van der Waals surface area contributed by atoms with E-state index >= 15 is 0 Å². The number of rotatable bonds is 2. The monoisotopic (exact) mass is 335 g/mol. The number of carbonyl (C=O) groups excluding carboxylic acids is 1. The lowest BCUT2D eigenvalue weighted by Gasteiger charge is -2.29. The zero-order valence-corrected chi connectivity index (χ0v) is 15.8. The largest absolute Gasteiger partial charge is 0.317 e. The third-order valence-electron chi connectivity index (χ3n) is 5.12. The summed E-state index contributed by atoms with van der Waals surface area (Å²) in [5, 5.41) is 0. The first-order valence-electron chi connectivity index (χ1n) is 8.83. The second kappa shape index (κ2) is 6.49. The zero-order valence-electron chi connectivity index (χ0n) is 15.8. The Labute approximate surface area is 150 Å². The first kappa shape index (κ1) is 17.4. The van der Waals surface area contributed by atoms with Crippen LogP contribution in [0.5, 0.6) is 0 Å². The number of allylic oxidation sites excluding steroid dienone is 5. The number of hydrogen-bond donors (Lipinski definition) is 0. The third kappa shape index (κ3) is 3.38. The number of hydrogen-bond acceptors (Lipinski definition) is 2. The first-order chi connectivity index (χ1) is 11.8. The van der Waals surface area contributed by atoms with Gasteiger partial charge in [0.1, 0.15) is 5.69 Å². The van der Waals surface area contributed by atoms with Crippen molar-refractivity contribution in [1.82, 2.24) is 9.38 Å². The second-order valence-corrected chi connectivity index (χ2v) is 7.49. The van der Waals surface area contributed by atoms with Crippen LogP contribution in [-0.4, -0.2) is 24.9 Å². The summed E-state index contributed by atoms with van der Waals surface area (Å²) in [6.07, 6.45) is 12.2. The molecule has 3 rings (SSSR count). The smallest absolute Gasteiger partial charge is 0.315 e. The van der Waals surface area contributed by atoms with Crippen molar-refractivity contribution in [1.29, 1.82) is 0 Å². The second-order valence-electron chi connectivity index (χ2n) is 7.49. The van der Waals surface area contributed by atoms with Crippen molar-refractivity contribution in [3.8, 4) is 0 Å². The summed E-state index contributed by atoms with van der Waals surface area (Å²) in [5.74, 6) is 0.589. The van der Waals surface area contributed by atoms with Gasteiger partial charge in [0.05, 0.1) is 21.0 Å². The van der Waals surface area contributed by atoms with E-state index in [4.69, 9.17) is 0 Å². The average Bonchev–Trinajstić information content (AvgIpc) is 2.74. The van der Waals surface area contributed by atoms with Gasteiger partial charge in [-0.25, -0.2) is 9.28 Å². The van der Waals surface area contributed by atoms with E-state index in [0.717, 1.165) is 17.7 Å². The molecule has 0 fully saturated rings. The highest BCUT2D eigenvalue weighted by atomic mass is 16.2. The SMILES string of the molecule is CC(=O)[N+](C)(C)c1cccc(C2=CC(C)CC=C3C=C(C)C=CN32)c1. The Balaban J connectivity index is 2.08. The molecular formula is C22H27N2O+. The van der Waals surface area contributed by atoms with E-state index in [2.05, 4.69) is 61.4 Å². The van der Waals surface area contributed by atoms with Crippen LogP contribution in [0, 0.1) is 5.92 Å². The first-order valence-corrected chi connectivity index (χ1v) is 8.83. The molecule has 2 aliphatic rings. The van der Waals surface area contributed by atoms with Crippen LogP contribution >= 0.6 is 0 Å². The van der Waals surface area contributed by atoms with E-state index in [-0.39, 0.29) is 10.4 Å². The minimum Gasteiger partial charge on any atom is -0.317 e. The van der Waals surface area contributed by atoms with E-state index in [9.17, 15) is 4.79 Å². The van der Waals surface area contributed by atoms with Crippen molar-refractivity contribution >= 4 is 17.3 Å². The van der Waals surface area contributed by atoms with Gasteiger partial charge in [0.25, 0.3) is 0 Å². The standard InChI is InChI=1S/C22H27N2O/c1-16-9-10-20-13-17(2)11-12-23(20)22(14-16)19-7-6-8-21(15-19)24(4,5)18(3)25/h6-8,10-16H,9H2,1-5H3/q+1. The molecule has 0 aliphatic carbocycles. The Hall–Kier alpha value is -2.39. The minimum absolute atomic E-state index is 0.123. The van der Waals surface area contributed by atoms with Crippen LogP contribution in [0.2, 0.25) is 0 Å². The fourth-order valence-corrected chi connectivity index (χ4v) is 3.16. The number of fused-ring (bicyclic) bond motifs is 1. The molecule has 0 radical (unpaired) electrons. The Kier molecular flexibility index (Phi) is 4.53. The molecule has 0 N–H and O–H groups in total. The summed E-state index contributed by atoms with van der Waals surface area (Å²) in [6.45, 7) is 6.01. The van der Waals surface area contributed by atoms with E-state index < -0.39 is 0 Å². The highest BCUT2D eigenvalue weighted by Gasteiger charge is 2.27. The van der Waals surface area contributed by atoms with Crippen LogP contribution < -0.4 is 4.48 Å². The number of nitrogens with zero attached hydrogens (tertiary/aromatic N) is 2. The molecule has 130 valence electrons. The van der Waals surface area contributed by atoms with Gasteiger partial charge >= 0.3 is 5.91 Å². The molecule has 3 nitrogen and oxygen atoms in total. The van der Waals surface area contributed by atoms with Gasteiger partial charge in [0.15, 0.2) is 0 Å². The highest BCUT2D eigenvalue weighted by Crippen LogP contribution is 2.35. The summed E-state index contributed by atoms with van der Waals surface area (Å²) in [4.78, 5) is 14.3. The molecule has 0 aromatic heterocycles. The van der Waals surface area contributed by atoms with Crippen LogP contribution in [0.4, 0.5) is 5.69 Å². The molecule has 1 aromatic carbocycles. The molecule has 0 bridgehead atoms. The quantitative estimate of drug-likeness (QED) is 0.721. The third-order valence-corrected chi connectivity index (χ3v) is 5.12. The number of benzene rings is 1. The Morgan fingerprint density at radius 2 is 2.04 bits per heavy atom. The molecule has 2 aliphatic heterocycles. The lowest BCUT2D eigenvalue weighted by Crippen LogP contribution is -2.44. The van der Waals surface area contributed by atoms with Gasteiger partial charge in [-0.05, 0) is 43.1 Å². The van der Waals surface area contributed by atoms with Gasteiger partial charge in [-0.15, -0.1) is 0 Å². The molecule has 1 amide bonds. The topological polar surface area (TPSA) is 20.3 Å². The summed E-state index contributed by atoms with van der Waals surface area (Å²) in [5.41, 5.74) is 5.81. The van der Waals surface area contributed by atoms with Gasteiger partial charge < -0.3 is 4.90 Å². The molecule has 0 saturated heterocycles. The molecule has 1 unspecified atom stereocenters. The van der Waals surface area contributed by atoms with Gasteiger partial charge in [0.2, 0.25) is 0 Å². The average molecular weight is 335 g/mol. The molecule has 1 atom stereocenters. The maximum Gasteiger partial charge on any atom is 0.315 e. The minimum atomic E-state index is 0.123. The molecule has 0 spiro atoms. The van der Waals surface area contributed by atoms with Crippen LogP contribution in [0.3, 0.4) is 0 Å². The number of quaternary nitrogens is 1. The predicted molar refractivity (Wildman–Crippen MR) is 105 cm³/mol. The summed E-state index contributed by atoms with van der Waals surface area (Å²) < 4.78 is 0.244. The Bertz CT molecular complexity index is 824. The van der Waals surface area contributed by atoms with E-state index in [1.165, 1.54) is 17.0 Å². The summed E-state index contributed by atoms with van der Waals surface area (Å²) in [7, 11) is 3.87. The van der Waals surface area contributed by atoms with Gasteiger partial charge in [0, 0.05) is 29.2 Å². The molecule has 2 heterocycles. The number of amides is 1. The zero-order chi connectivity index (χ0) is 18.2. The van der Waals surface area contributed by atoms with Gasteiger partial charge in [-0.3, -0.25) is 0 Å². The normalized spacial score (nSPS) is 20.3. The van der Waals surface area contributed by atoms with Crippen LogP contribution in [0.25, 0.3) is 5.70 Å². The Morgan fingerprint density at radius 3 is 2.76 bits per heavy atom. The molecular weight excluding hydrogens is 308 g/mol. The maximum absolute atomic E-state index is 12.0. The molecule has 1 aromatic rings. The number of carbonyl (C=O) groups is 1. The van der Waals surface area contributed by atoms with Crippen molar-refractivity contribution in [2.24, 2.45) is 5.92 Å². The van der Waals surface area contributed by atoms with Crippen molar-refractivity contribution in [2.45, 2.75) is 27.2 Å². The highest BCUT2D eigenvalue weighted by molar-refractivity contribution is 5.86. The van der Waals surface area contributed by atoms with Crippen LogP contribution in [0.15, 0.2) is 66.0 Å². The summed E-state index contributed by atoms with van der Waals surface area (Å²) >= 11 is 0. The molecule has 0 saturated carbocycles. The Morgan fingerprint density at radius 1 is 1.28 bits per heavy atom.